The lowest BCUT2D eigenvalue weighted by atomic mass is 10.2. The molecule has 0 aliphatic rings. The number of unbranched alkanes of at least 4 members (excludes halogenated alkanes) is 1. The maximum atomic E-state index is 10.6. The van der Waals surface area contributed by atoms with E-state index in [0.29, 0.717) is 5.56 Å². The van der Waals surface area contributed by atoms with Crippen LogP contribution in [0.15, 0.2) is 24.3 Å². The number of carbonyl (C=O) groups excluding carboxylic acids is 1. The normalized spacial score (nSPS) is 12.2. The van der Waals surface area contributed by atoms with Gasteiger partial charge in [0.05, 0.1) is 0 Å². The Morgan fingerprint density at radius 1 is 1.38 bits per heavy atom. The number of carbonyl (C=O) groups is 1. The standard InChI is InChI=1S/C13H18ClNO/c1-3-4-9-15(11(2)14)13-7-5-12(10-16)6-8-13/h5-8,10-11H,3-4,9H2,1-2H3. The Morgan fingerprint density at radius 2 is 2.00 bits per heavy atom. The number of hydrogen-bond acceptors (Lipinski definition) is 2. The van der Waals surface area contributed by atoms with Crippen LogP contribution < -0.4 is 4.90 Å². The third-order valence-corrected chi connectivity index (χ3v) is 2.78. The quantitative estimate of drug-likeness (QED) is 0.429. The SMILES string of the molecule is CCCCN(c1ccc(C=O)cc1)C(C)Cl. The molecule has 0 spiro atoms. The number of alkyl halides is 1. The molecule has 1 aromatic rings. The van der Waals surface area contributed by atoms with Gasteiger partial charge >= 0.3 is 0 Å². The summed E-state index contributed by atoms with van der Waals surface area (Å²) in [6.07, 6.45) is 3.11. The molecule has 3 heteroatoms. The molecule has 0 N–H and O–H groups in total. The molecule has 1 unspecified atom stereocenters. The summed E-state index contributed by atoms with van der Waals surface area (Å²) in [5.41, 5.74) is 1.73. The zero-order chi connectivity index (χ0) is 12.0. The second-order valence-corrected chi connectivity index (χ2v) is 4.46. The van der Waals surface area contributed by atoms with Crippen LogP contribution in [-0.4, -0.2) is 18.3 Å². The highest BCUT2D eigenvalue weighted by Crippen LogP contribution is 2.20. The Balaban J connectivity index is 2.79. The number of anilines is 1. The van der Waals surface area contributed by atoms with Gasteiger partial charge in [0.15, 0.2) is 0 Å². The van der Waals surface area contributed by atoms with Gasteiger partial charge in [-0.2, -0.15) is 0 Å². The molecule has 0 heterocycles. The van der Waals surface area contributed by atoms with Crippen molar-refractivity contribution in [3.63, 3.8) is 0 Å². The molecule has 1 atom stereocenters. The van der Waals surface area contributed by atoms with E-state index >= 15 is 0 Å². The van der Waals surface area contributed by atoms with Gasteiger partial charge in [-0.1, -0.05) is 24.9 Å². The number of aldehydes is 1. The van der Waals surface area contributed by atoms with Crippen molar-refractivity contribution in [2.45, 2.75) is 32.2 Å². The predicted octanol–water partition coefficient (Wildman–Crippen LogP) is 3.69. The Bertz CT molecular complexity index is 321. The van der Waals surface area contributed by atoms with Crippen LogP contribution in [0.2, 0.25) is 0 Å². The third-order valence-electron chi connectivity index (χ3n) is 2.54. The van der Waals surface area contributed by atoms with Gasteiger partial charge in [0, 0.05) is 17.8 Å². The van der Waals surface area contributed by atoms with Gasteiger partial charge in [-0.05, 0) is 37.6 Å². The van der Waals surface area contributed by atoms with Crippen LogP contribution in [0.25, 0.3) is 0 Å². The minimum atomic E-state index is -0.0337. The Labute approximate surface area is 102 Å². The zero-order valence-corrected chi connectivity index (χ0v) is 10.6. The van der Waals surface area contributed by atoms with Crippen molar-refractivity contribution in [3.8, 4) is 0 Å². The lowest BCUT2D eigenvalue weighted by Gasteiger charge is -2.27. The van der Waals surface area contributed by atoms with Crippen LogP contribution in [-0.2, 0) is 0 Å². The molecule has 0 amide bonds. The predicted molar refractivity (Wildman–Crippen MR) is 69.4 cm³/mol. The largest absolute Gasteiger partial charge is 0.355 e. The van der Waals surface area contributed by atoms with Crippen molar-refractivity contribution in [1.29, 1.82) is 0 Å². The van der Waals surface area contributed by atoms with E-state index in [2.05, 4.69) is 11.8 Å². The zero-order valence-electron chi connectivity index (χ0n) is 9.82. The van der Waals surface area contributed by atoms with Crippen LogP contribution in [0.4, 0.5) is 5.69 Å². The molecule has 0 aliphatic heterocycles. The maximum absolute atomic E-state index is 10.6. The van der Waals surface area contributed by atoms with E-state index in [-0.39, 0.29) is 5.50 Å². The highest BCUT2D eigenvalue weighted by Gasteiger charge is 2.10. The molecule has 0 fully saturated rings. The van der Waals surface area contributed by atoms with Crippen LogP contribution in [0.1, 0.15) is 37.0 Å². The average molecular weight is 240 g/mol. The summed E-state index contributed by atoms with van der Waals surface area (Å²) in [7, 11) is 0. The van der Waals surface area contributed by atoms with E-state index in [9.17, 15) is 4.79 Å². The molecule has 0 radical (unpaired) electrons. The maximum Gasteiger partial charge on any atom is 0.150 e. The Morgan fingerprint density at radius 3 is 2.44 bits per heavy atom. The van der Waals surface area contributed by atoms with Gasteiger partial charge in [0.1, 0.15) is 11.8 Å². The van der Waals surface area contributed by atoms with Crippen molar-refractivity contribution in [1.82, 2.24) is 0 Å². The van der Waals surface area contributed by atoms with Crippen molar-refractivity contribution in [3.05, 3.63) is 29.8 Å². The molecular formula is C13H18ClNO. The summed E-state index contributed by atoms with van der Waals surface area (Å²) < 4.78 is 0. The number of halogens is 1. The van der Waals surface area contributed by atoms with Gasteiger partial charge in [-0.15, -0.1) is 0 Å². The van der Waals surface area contributed by atoms with Gasteiger partial charge in [0.25, 0.3) is 0 Å². The fraction of sp³-hybridized carbons (Fsp3) is 0.462. The first-order valence-electron chi connectivity index (χ1n) is 5.65. The fourth-order valence-corrected chi connectivity index (χ4v) is 1.80. The van der Waals surface area contributed by atoms with Crippen molar-refractivity contribution < 1.29 is 4.79 Å². The average Bonchev–Trinajstić information content (AvgIpc) is 2.30. The molecule has 0 bridgehead atoms. The molecule has 16 heavy (non-hydrogen) atoms. The fourth-order valence-electron chi connectivity index (χ4n) is 1.59. The summed E-state index contributed by atoms with van der Waals surface area (Å²) >= 11 is 6.14. The molecule has 0 saturated carbocycles. The number of benzene rings is 1. The molecular weight excluding hydrogens is 222 g/mol. The first kappa shape index (κ1) is 13.0. The highest BCUT2D eigenvalue weighted by atomic mass is 35.5. The molecule has 0 aliphatic carbocycles. The molecule has 88 valence electrons. The van der Waals surface area contributed by atoms with Gasteiger partial charge in [-0.3, -0.25) is 4.79 Å². The van der Waals surface area contributed by atoms with Crippen LogP contribution >= 0.6 is 11.6 Å². The summed E-state index contributed by atoms with van der Waals surface area (Å²) in [4.78, 5) is 12.7. The summed E-state index contributed by atoms with van der Waals surface area (Å²) in [5.74, 6) is 0. The van der Waals surface area contributed by atoms with E-state index in [1.165, 1.54) is 0 Å². The molecule has 1 aromatic carbocycles. The number of rotatable bonds is 6. The van der Waals surface area contributed by atoms with Gasteiger partial charge in [0.2, 0.25) is 0 Å². The monoisotopic (exact) mass is 239 g/mol. The van der Waals surface area contributed by atoms with E-state index in [1.54, 1.807) is 0 Å². The van der Waals surface area contributed by atoms with E-state index in [0.717, 1.165) is 31.4 Å². The lowest BCUT2D eigenvalue weighted by Crippen LogP contribution is -2.29. The van der Waals surface area contributed by atoms with Crippen molar-refractivity contribution >= 4 is 23.6 Å². The second-order valence-electron chi connectivity index (χ2n) is 3.83. The number of hydrogen-bond donors (Lipinski definition) is 0. The first-order valence-corrected chi connectivity index (χ1v) is 6.08. The van der Waals surface area contributed by atoms with E-state index in [4.69, 9.17) is 11.6 Å². The lowest BCUT2D eigenvalue weighted by molar-refractivity contribution is 0.112. The van der Waals surface area contributed by atoms with E-state index in [1.807, 2.05) is 31.2 Å². The molecule has 0 aromatic heterocycles. The molecule has 2 nitrogen and oxygen atoms in total. The second kappa shape index (κ2) is 6.54. The molecule has 0 saturated heterocycles. The van der Waals surface area contributed by atoms with Crippen molar-refractivity contribution in [2.24, 2.45) is 0 Å². The topological polar surface area (TPSA) is 20.3 Å². The minimum absolute atomic E-state index is 0.0337. The molecule has 1 rings (SSSR count). The van der Waals surface area contributed by atoms with Gasteiger partial charge < -0.3 is 4.90 Å². The van der Waals surface area contributed by atoms with Crippen molar-refractivity contribution in [2.75, 3.05) is 11.4 Å². The summed E-state index contributed by atoms with van der Waals surface area (Å²) in [6, 6.07) is 7.53. The first-order chi connectivity index (χ1) is 7.69. The van der Waals surface area contributed by atoms with Gasteiger partial charge in [-0.25, -0.2) is 0 Å². The Hall–Kier alpha value is -1.02. The number of nitrogens with zero attached hydrogens (tertiary/aromatic N) is 1. The smallest absolute Gasteiger partial charge is 0.150 e. The van der Waals surface area contributed by atoms with Crippen LogP contribution in [0, 0.1) is 0 Å². The highest BCUT2D eigenvalue weighted by molar-refractivity contribution is 6.21. The van der Waals surface area contributed by atoms with E-state index < -0.39 is 0 Å². The third kappa shape index (κ3) is 3.53. The summed E-state index contributed by atoms with van der Waals surface area (Å²) in [5, 5.41) is 0. The summed E-state index contributed by atoms with van der Waals surface area (Å²) in [6.45, 7) is 5.07. The van der Waals surface area contributed by atoms with Crippen LogP contribution in [0.3, 0.4) is 0 Å². The Kier molecular flexibility index (Phi) is 5.33. The van der Waals surface area contributed by atoms with Crippen LogP contribution in [0.5, 0.6) is 0 Å². The minimum Gasteiger partial charge on any atom is -0.355 e.